The Labute approximate surface area is 176 Å². The fraction of sp³-hybridized carbons (Fsp3) is 0.143. The predicted octanol–water partition coefficient (Wildman–Crippen LogP) is 3.14. The van der Waals surface area contributed by atoms with Crippen LogP contribution in [0.1, 0.15) is 17.8 Å². The fourth-order valence-electron chi connectivity index (χ4n) is 3.17. The summed E-state index contributed by atoms with van der Waals surface area (Å²) in [7, 11) is 0. The number of aromatic hydroxyl groups is 1. The van der Waals surface area contributed by atoms with Crippen LogP contribution < -0.4 is 5.56 Å². The van der Waals surface area contributed by atoms with Crippen LogP contribution in [0.3, 0.4) is 0 Å². The van der Waals surface area contributed by atoms with E-state index in [2.05, 4.69) is 20.2 Å². The summed E-state index contributed by atoms with van der Waals surface area (Å²) in [4.78, 5) is 21.6. The van der Waals surface area contributed by atoms with Gasteiger partial charge >= 0.3 is 0 Å². The van der Waals surface area contributed by atoms with Gasteiger partial charge in [-0.25, -0.2) is 9.56 Å². The molecule has 0 spiro atoms. The molecular weight excluding hydrogens is 406 g/mol. The highest BCUT2D eigenvalue weighted by atomic mass is 35.5. The quantitative estimate of drug-likeness (QED) is 0.412. The van der Waals surface area contributed by atoms with Gasteiger partial charge < -0.3 is 10.2 Å². The molecule has 0 aliphatic carbocycles. The van der Waals surface area contributed by atoms with Crippen molar-refractivity contribution in [3.05, 3.63) is 75.3 Å². The van der Waals surface area contributed by atoms with Crippen molar-refractivity contribution in [2.45, 2.75) is 12.8 Å². The van der Waals surface area contributed by atoms with Crippen LogP contribution in [0.25, 0.3) is 16.5 Å². The van der Waals surface area contributed by atoms with Gasteiger partial charge in [0.05, 0.1) is 16.3 Å². The third-order valence-corrected chi connectivity index (χ3v) is 4.92. The van der Waals surface area contributed by atoms with Crippen LogP contribution in [0, 0.1) is 0 Å². The first kappa shape index (κ1) is 19.8. The molecule has 2 heterocycles. The normalized spacial score (nSPS) is 11.5. The minimum atomic E-state index is -0.391. The number of benzene rings is 2. The average Bonchev–Trinajstić information content (AvgIpc) is 3.21. The summed E-state index contributed by atoms with van der Waals surface area (Å²) in [5.41, 5.74) is 0.315. The molecule has 3 N–H and O–H groups in total. The molecule has 8 nitrogen and oxygen atoms in total. The number of hydrogen-bond acceptors (Lipinski definition) is 6. The number of aliphatic imine (C=N–C) groups is 1. The molecule has 0 amide bonds. The summed E-state index contributed by atoms with van der Waals surface area (Å²) in [6, 6.07) is 13.7. The van der Waals surface area contributed by atoms with Crippen molar-refractivity contribution >= 4 is 34.5 Å². The van der Waals surface area contributed by atoms with E-state index in [0.29, 0.717) is 45.7 Å². The predicted molar refractivity (Wildman–Crippen MR) is 115 cm³/mol. The number of aliphatic hydroxyl groups is 1. The van der Waals surface area contributed by atoms with E-state index in [4.69, 9.17) is 16.7 Å². The Morgan fingerprint density at radius 3 is 2.63 bits per heavy atom. The summed E-state index contributed by atoms with van der Waals surface area (Å²) in [6.07, 6.45) is 2.53. The van der Waals surface area contributed by atoms with Crippen molar-refractivity contribution in [2.24, 2.45) is 4.99 Å². The standard InChI is InChI=1S/C21H18ClN5O3/c22-16-8-3-4-9-17(16)27-19(29)14-7-2-1-6-13(14)15(20(27)30)12-23-21-24-18(25-26-21)10-5-11-28/h1-4,6-9,12,28,30H,5,10-11H2,(H,24,25,26). The van der Waals surface area contributed by atoms with Crippen molar-refractivity contribution in [3.8, 4) is 11.6 Å². The Hall–Kier alpha value is -3.49. The molecule has 0 bridgehead atoms. The van der Waals surface area contributed by atoms with E-state index in [1.807, 2.05) is 0 Å². The van der Waals surface area contributed by atoms with Crippen LogP contribution in [-0.2, 0) is 6.42 Å². The van der Waals surface area contributed by atoms with Gasteiger partial charge in [-0.05, 0) is 24.6 Å². The lowest BCUT2D eigenvalue weighted by Gasteiger charge is -2.14. The van der Waals surface area contributed by atoms with E-state index in [1.54, 1.807) is 48.5 Å². The molecule has 4 rings (SSSR count). The number of fused-ring (bicyclic) bond motifs is 1. The van der Waals surface area contributed by atoms with Crippen molar-refractivity contribution in [2.75, 3.05) is 6.61 Å². The third kappa shape index (κ3) is 3.70. The summed E-state index contributed by atoms with van der Waals surface area (Å²) >= 11 is 6.28. The number of halogens is 1. The second kappa shape index (κ2) is 8.48. The van der Waals surface area contributed by atoms with Crippen LogP contribution in [-0.4, -0.2) is 42.8 Å². The molecule has 0 unspecified atom stereocenters. The molecule has 4 aromatic rings. The van der Waals surface area contributed by atoms with Crippen LogP contribution in [0.4, 0.5) is 5.95 Å². The van der Waals surface area contributed by atoms with Crippen molar-refractivity contribution in [3.63, 3.8) is 0 Å². The Balaban J connectivity index is 1.86. The lowest BCUT2D eigenvalue weighted by molar-refractivity contribution is 0.287. The zero-order valence-corrected chi connectivity index (χ0v) is 16.5. The summed E-state index contributed by atoms with van der Waals surface area (Å²) < 4.78 is 1.16. The summed E-state index contributed by atoms with van der Waals surface area (Å²) in [5, 5.41) is 28.0. The molecule has 9 heteroatoms. The first-order valence-corrected chi connectivity index (χ1v) is 9.65. The van der Waals surface area contributed by atoms with Gasteiger partial charge in [-0.15, -0.1) is 5.10 Å². The number of aromatic nitrogens is 4. The number of hydrogen-bond donors (Lipinski definition) is 3. The largest absolute Gasteiger partial charge is 0.494 e. The number of nitrogens with zero attached hydrogens (tertiary/aromatic N) is 4. The highest BCUT2D eigenvalue weighted by molar-refractivity contribution is 6.32. The van der Waals surface area contributed by atoms with E-state index in [0.717, 1.165) is 4.57 Å². The van der Waals surface area contributed by atoms with Crippen molar-refractivity contribution in [1.29, 1.82) is 0 Å². The van der Waals surface area contributed by atoms with Gasteiger partial charge in [0.15, 0.2) is 0 Å². The molecule has 0 radical (unpaired) electrons. The number of aryl methyl sites for hydroxylation is 1. The molecule has 152 valence electrons. The molecular formula is C21H18ClN5O3. The molecule has 0 aliphatic heterocycles. The topological polar surface area (TPSA) is 116 Å². The first-order chi connectivity index (χ1) is 14.6. The van der Waals surface area contributed by atoms with Crippen molar-refractivity contribution < 1.29 is 10.2 Å². The highest BCUT2D eigenvalue weighted by Crippen LogP contribution is 2.29. The van der Waals surface area contributed by atoms with Crippen LogP contribution >= 0.6 is 11.6 Å². The van der Waals surface area contributed by atoms with Crippen LogP contribution in [0.5, 0.6) is 5.88 Å². The molecule has 0 saturated carbocycles. The zero-order valence-electron chi connectivity index (χ0n) is 15.8. The highest BCUT2D eigenvalue weighted by Gasteiger charge is 2.17. The molecule has 2 aromatic heterocycles. The van der Waals surface area contributed by atoms with E-state index < -0.39 is 5.56 Å². The van der Waals surface area contributed by atoms with E-state index in [9.17, 15) is 9.90 Å². The minimum Gasteiger partial charge on any atom is -0.494 e. The Kier molecular flexibility index (Phi) is 5.60. The number of pyridine rings is 1. The third-order valence-electron chi connectivity index (χ3n) is 4.60. The smallest absolute Gasteiger partial charge is 0.268 e. The van der Waals surface area contributed by atoms with Gasteiger partial charge in [-0.2, -0.15) is 4.98 Å². The number of aromatic amines is 1. The first-order valence-electron chi connectivity index (χ1n) is 9.28. The van der Waals surface area contributed by atoms with Gasteiger partial charge in [0.2, 0.25) is 5.88 Å². The van der Waals surface area contributed by atoms with Crippen LogP contribution in [0.2, 0.25) is 5.02 Å². The van der Waals surface area contributed by atoms with E-state index >= 15 is 0 Å². The second-order valence-corrected chi connectivity index (χ2v) is 6.95. The SMILES string of the molecule is O=c1c2ccccc2c(C=Nc2n[nH]c(CCCO)n2)c(O)n1-c1ccccc1Cl. The van der Waals surface area contributed by atoms with Gasteiger partial charge in [0, 0.05) is 30.0 Å². The Morgan fingerprint density at radius 2 is 1.87 bits per heavy atom. The molecule has 0 atom stereocenters. The number of para-hydroxylation sites is 1. The lowest BCUT2D eigenvalue weighted by Crippen LogP contribution is -2.20. The average molecular weight is 424 g/mol. The van der Waals surface area contributed by atoms with E-state index in [1.165, 1.54) is 6.21 Å². The molecule has 0 saturated heterocycles. The lowest BCUT2D eigenvalue weighted by atomic mass is 10.1. The molecule has 0 aliphatic rings. The number of H-pyrrole nitrogens is 1. The monoisotopic (exact) mass is 423 g/mol. The van der Waals surface area contributed by atoms with Crippen molar-refractivity contribution in [1.82, 2.24) is 19.7 Å². The maximum absolute atomic E-state index is 13.1. The summed E-state index contributed by atoms with van der Waals surface area (Å²) in [5.74, 6) is 0.500. The Morgan fingerprint density at radius 1 is 1.13 bits per heavy atom. The number of aliphatic hydroxyl groups excluding tert-OH is 1. The number of nitrogens with one attached hydrogen (secondary N) is 1. The van der Waals surface area contributed by atoms with Crippen LogP contribution in [0.15, 0.2) is 58.3 Å². The van der Waals surface area contributed by atoms with Gasteiger partial charge in [0.25, 0.3) is 11.5 Å². The maximum atomic E-state index is 13.1. The van der Waals surface area contributed by atoms with Gasteiger partial charge in [0.1, 0.15) is 5.82 Å². The fourth-order valence-corrected chi connectivity index (χ4v) is 3.39. The minimum absolute atomic E-state index is 0.0583. The zero-order chi connectivity index (χ0) is 21.1. The Bertz CT molecular complexity index is 1300. The number of rotatable bonds is 6. The molecule has 0 fully saturated rings. The molecule has 2 aromatic carbocycles. The molecule has 30 heavy (non-hydrogen) atoms. The van der Waals surface area contributed by atoms with Gasteiger partial charge in [-0.1, -0.05) is 41.9 Å². The second-order valence-electron chi connectivity index (χ2n) is 6.54. The summed E-state index contributed by atoms with van der Waals surface area (Å²) in [6.45, 7) is 0.0583. The van der Waals surface area contributed by atoms with E-state index in [-0.39, 0.29) is 18.4 Å². The maximum Gasteiger partial charge on any atom is 0.268 e. The van der Waals surface area contributed by atoms with Gasteiger partial charge in [-0.3, -0.25) is 9.89 Å².